The quantitative estimate of drug-likeness (QED) is 0.574. The van der Waals surface area contributed by atoms with Crippen molar-refractivity contribution >= 4 is 0 Å². The highest BCUT2D eigenvalue weighted by atomic mass is 16.5. The first kappa shape index (κ1) is 7.11. The zero-order chi connectivity index (χ0) is 8.39. The molecular weight excluding hydrogens is 152 g/mol. The maximum Gasteiger partial charge on any atom is 0.184 e. The van der Waals surface area contributed by atoms with Gasteiger partial charge in [0.15, 0.2) is 6.10 Å². The molecule has 12 heavy (non-hydrogen) atoms. The molecule has 1 unspecified atom stereocenters. The summed E-state index contributed by atoms with van der Waals surface area (Å²) in [4.78, 5) is 3.99. The number of aromatic nitrogens is 1. The van der Waals surface area contributed by atoms with Crippen LogP contribution in [0.1, 0.15) is 12.0 Å². The number of nitrogens with zero attached hydrogens (tertiary/aromatic N) is 2. The Bertz CT molecular complexity index is 330. The summed E-state index contributed by atoms with van der Waals surface area (Å²) in [7, 11) is 0. The fourth-order valence-electron chi connectivity index (χ4n) is 1.31. The SMILES string of the molecule is N#CC1CCc2cnccc2O1. The highest BCUT2D eigenvalue weighted by Crippen LogP contribution is 2.25. The van der Waals surface area contributed by atoms with Crippen molar-refractivity contribution in [2.24, 2.45) is 0 Å². The lowest BCUT2D eigenvalue weighted by atomic mass is 10.1. The Morgan fingerprint density at radius 2 is 2.58 bits per heavy atom. The molecule has 0 fully saturated rings. The van der Waals surface area contributed by atoms with Crippen LogP contribution in [0.3, 0.4) is 0 Å². The molecule has 0 saturated carbocycles. The van der Waals surface area contributed by atoms with Gasteiger partial charge in [0.25, 0.3) is 0 Å². The molecule has 1 aliphatic rings. The van der Waals surface area contributed by atoms with E-state index in [1.165, 1.54) is 0 Å². The first-order valence-electron chi connectivity index (χ1n) is 3.89. The van der Waals surface area contributed by atoms with Crippen LogP contribution in [0.15, 0.2) is 18.5 Å². The monoisotopic (exact) mass is 160 g/mol. The molecule has 3 nitrogen and oxygen atoms in total. The van der Waals surface area contributed by atoms with Gasteiger partial charge in [-0.05, 0) is 12.5 Å². The third kappa shape index (κ3) is 1.12. The lowest BCUT2D eigenvalue weighted by Gasteiger charge is -2.20. The minimum atomic E-state index is -0.278. The van der Waals surface area contributed by atoms with E-state index in [0.717, 1.165) is 24.2 Å². The van der Waals surface area contributed by atoms with E-state index in [1.807, 2.05) is 0 Å². The van der Waals surface area contributed by atoms with Crippen LogP contribution in [0.2, 0.25) is 0 Å². The second kappa shape index (κ2) is 2.82. The second-order valence-corrected chi connectivity index (χ2v) is 2.76. The molecule has 1 atom stereocenters. The van der Waals surface area contributed by atoms with Crippen molar-refractivity contribution in [1.82, 2.24) is 4.98 Å². The van der Waals surface area contributed by atoms with Crippen molar-refractivity contribution in [2.45, 2.75) is 18.9 Å². The van der Waals surface area contributed by atoms with E-state index in [9.17, 15) is 0 Å². The highest BCUT2D eigenvalue weighted by molar-refractivity contribution is 5.32. The molecule has 1 aromatic heterocycles. The minimum Gasteiger partial charge on any atom is -0.475 e. The molecule has 0 bridgehead atoms. The van der Waals surface area contributed by atoms with E-state index in [-0.39, 0.29) is 6.10 Å². The molecule has 3 heteroatoms. The van der Waals surface area contributed by atoms with Crippen molar-refractivity contribution in [3.63, 3.8) is 0 Å². The summed E-state index contributed by atoms with van der Waals surface area (Å²) in [6.45, 7) is 0. The number of fused-ring (bicyclic) bond motifs is 1. The van der Waals surface area contributed by atoms with Gasteiger partial charge in [0.05, 0.1) is 0 Å². The van der Waals surface area contributed by atoms with Gasteiger partial charge in [0, 0.05) is 24.4 Å². The smallest absolute Gasteiger partial charge is 0.184 e. The Hall–Kier alpha value is -1.56. The van der Waals surface area contributed by atoms with Crippen LogP contribution < -0.4 is 4.74 Å². The number of rotatable bonds is 0. The van der Waals surface area contributed by atoms with Crippen LogP contribution in [-0.4, -0.2) is 11.1 Å². The topological polar surface area (TPSA) is 45.9 Å². The van der Waals surface area contributed by atoms with Crippen molar-refractivity contribution in [3.8, 4) is 11.8 Å². The third-order valence-electron chi connectivity index (χ3n) is 1.95. The number of pyridine rings is 1. The summed E-state index contributed by atoms with van der Waals surface area (Å²) >= 11 is 0. The summed E-state index contributed by atoms with van der Waals surface area (Å²) < 4.78 is 5.38. The van der Waals surface area contributed by atoms with Crippen molar-refractivity contribution in [3.05, 3.63) is 24.0 Å². The molecular formula is C9H8N2O. The number of aryl methyl sites for hydroxylation is 1. The van der Waals surface area contributed by atoms with Gasteiger partial charge in [-0.15, -0.1) is 0 Å². The van der Waals surface area contributed by atoms with E-state index in [1.54, 1.807) is 18.5 Å². The molecule has 2 heterocycles. The molecule has 60 valence electrons. The molecule has 2 rings (SSSR count). The van der Waals surface area contributed by atoms with Gasteiger partial charge in [-0.1, -0.05) is 0 Å². The molecule has 0 spiro atoms. The first-order valence-corrected chi connectivity index (χ1v) is 3.89. The molecule has 0 amide bonds. The van der Waals surface area contributed by atoms with E-state index in [0.29, 0.717) is 0 Å². The van der Waals surface area contributed by atoms with E-state index in [4.69, 9.17) is 10.00 Å². The van der Waals surface area contributed by atoms with Crippen LogP contribution in [0.25, 0.3) is 0 Å². The lowest BCUT2D eigenvalue weighted by Crippen LogP contribution is -2.20. The maximum atomic E-state index is 8.63. The number of hydrogen-bond donors (Lipinski definition) is 0. The molecule has 0 aliphatic carbocycles. The van der Waals surface area contributed by atoms with Gasteiger partial charge >= 0.3 is 0 Å². The zero-order valence-corrected chi connectivity index (χ0v) is 6.53. The molecule has 0 aromatic carbocycles. The van der Waals surface area contributed by atoms with Crippen LogP contribution >= 0.6 is 0 Å². The third-order valence-corrected chi connectivity index (χ3v) is 1.95. The average molecular weight is 160 g/mol. The number of ether oxygens (including phenoxy) is 1. The Morgan fingerprint density at radius 1 is 1.67 bits per heavy atom. The Morgan fingerprint density at radius 3 is 3.42 bits per heavy atom. The van der Waals surface area contributed by atoms with Crippen LogP contribution in [0, 0.1) is 11.3 Å². The molecule has 0 N–H and O–H groups in total. The second-order valence-electron chi connectivity index (χ2n) is 2.76. The maximum absolute atomic E-state index is 8.63. The zero-order valence-electron chi connectivity index (χ0n) is 6.53. The fourth-order valence-corrected chi connectivity index (χ4v) is 1.31. The van der Waals surface area contributed by atoms with Crippen LogP contribution in [0.4, 0.5) is 0 Å². The predicted molar refractivity (Wildman–Crippen MR) is 42.6 cm³/mol. The van der Waals surface area contributed by atoms with E-state index < -0.39 is 0 Å². The van der Waals surface area contributed by atoms with Gasteiger partial charge < -0.3 is 4.74 Å². The van der Waals surface area contributed by atoms with Crippen LogP contribution in [0.5, 0.6) is 5.75 Å². The minimum absolute atomic E-state index is 0.278. The predicted octanol–water partition coefficient (Wildman–Crippen LogP) is 1.30. The largest absolute Gasteiger partial charge is 0.475 e. The Balaban J connectivity index is 2.30. The lowest BCUT2D eigenvalue weighted by molar-refractivity contribution is 0.225. The highest BCUT2D eigenvalue weighted by Gasteiger charge is 2.18. The summed E-state index contributed by atoms with van der Waals surface area (Å²) in [6.07, 6.45) is 4.86. The van der Waals surface area contributed by atoms with E-state index in [2.05, 4.69) is 11.1 Å². The van der Waals surface area contributed by atoms with Crippen LogP contribution in [-0.2, 0) is 6.42 Å². The van der Waals surface area contributed by atoms with Gasteiger partial charge in [-0.2, -0.15) is 5.26 Å². The van der Waals surface area contributed by atoms with Gasteiger partial charge in [-0.3, -0.25) is 4.98 Å². The average Bonchev–Trinajstić information content (AvgIpc) is 2.17. The van der Waals surface area contributed by atoms with Crippen molar-refractivity contribution < 1.29 is 4.74 Å². The fraction of sp³-hybridized carbons (Fsp3) is 0.333. The normalized spacial score (nSPS) is 20.4. The summed E-state index contributed by atoms with van der Waals surface area (Å²) in [6, 6.07) is 3.91. The van der Waals surface area contributed by atoms with Gasteiger partial charge in [0.2, 0.25) is 0 Å². The number of nitriles is 1. The molecule has 0 radical (unpaired) electrons. The summed E-state index contributed by atoms with van der Waals surface area (Å²) in [5.74, 6) is 0.808. The van der Waals surface area contributed by atoms with E-state index >= 15 is 0 Å². The Kier molecular flexibility index (Phi) is 1.67. The van der Waals surface area contributed by atoms with Crippen molar-refractivity contribution in [1.29, 1.82) is 5.26 Å². The summed E-state index contributed by atoms with van der Waals surface area (Å²) in [5.41, 5.74) is 1.10. The van der Waals surface area contributed by atoms with Gasteiger partial charge in [0.1, 0.15) is 11.8 Å². The standard InChI is InChI=1S/C9H8N2O/c10-5-8-2-1-7-6-11-4-3-9(7)12-8/h3-4,6,8H,1-2H2. The Labute approximate surface area is 70.6 Å². The molecule has 1 aliphatic heterocycles. The number of hydrogen-bond acceptors (Lipinski definition) is 3. The molecule has 1 aromatic rings. The van der Waals surface area contributed by atoms with Crippen molar-refractivity contribution in [2.75, 3.05) is 0 Å². The van der Waals surface area contributed by atoms with Gasteiger partial charge in [-0.25, -0.2) is 0 Å². The first-order chi connectivity index (χ1) is 5.90. The summed E-state index contributed by atoms with van der Waals surface area (Å²) in [5, 5.41) is 8.63. The molecule has 0 saturated heterocycles.